The zero-order valence-corrected chi connectivity index (χ0v) is 19.4. The third-order valence-electron chi connectivity index (χ3n) is 6.17. The lowest BCUT2D eigenvalue weighted by Crippen LogP contribution is -2.50. The number of nitrogens with zero attached hydrogens (tertiary/aromatic N) is 3. The Hall–Kier alpha value is -3.25. The average molecular weight is 433 g/mol. The summed E-state index contributed by atoms with van der Waals surface area (Å²) in [5.74, 6) is 0.0606. The van der Waals surface area contributed by atoms with Gasteiger partial charge in [0.1, 0.15) is 5.54 Å². The van der Waals surface area contributed by atoms with Crippen molar-refractivity contribution in [2.45, 2.75) is 39.2 Å². The summed E-state index contributed by atoms with van der Waals surface area (Å²) < 4.78 is 5.59. The summed E-state index contributed by atoms with van der Waals surface area (Å²) >= 11 is 0. The van der Waals surface area contributed by atoms with E-state index in [9.17, 15) is 4.79 Å². The molecule has 6 nitrogen and oxygen atoms in total. The minimum atomic E-state index is -0.982. The molecule has 1 aromatic heterocycles. The van der Waals surface area contributed by atoms with E-state index in [1.54, 1.807) is 13.2 Å². The highest BCUT2D eigenvalue weighted by Gasteiger charge is 2.42. The zero-order valence-electron chi connectivity index (χ0n) is 19.4. The van der Waals surface area contributed by atoms with Gasteiger partial charge in [0.2, 0.25) is 5.91 Å². The fourth-order valence-corrected chi connectivity index (χ4v) is 4.03. The first-order valence-electron chi connectivity index (χ1n) is 10.7. The first-order valence-corrected chi connectivity index (χ1v) is 10.7. The predicted octanol–water partition coefficient (Wildman–Crippen LogP) is 4.11. The second-order valence-corrected chi connectivity index (χ2v) is 8.37. The molecule has 1 atom stereocenters. The van der Waals surface area contributed by atoms with E-state index >= 15 is 0 Å². The van der Waals surface area contributed by atoms with Crippen molar-refractivity contribution in [3.8, 4) is 0 Å². The molecule has 0 fully saturated rings. The van der Waals surface area contributed by atoms with Crippen LogP contribution in [0.15, 0.2) is 77.0 Å². The van der Waals surface area contributed by atoms with Crippen LogP contribution in [0.3, 0.4) is 0 Å². The first kappa shape index (κ1) is 23.4. The number of rotatable bonds is 6. The fraction of sp³-hybridized carbons (Fsp3) is 0.346. The van der Waals surface area contributed by atoms with Gasteiger partial charge in [-0.3, -0.25) is 14.7 Å². The number of pyridine rings is 1. The van der Waals surface area contributed by atoms with Gasteiger partial charge in [-0.1, -0.05) is 37.5 Å². The van der Waals surface area contributed by atoms with Gasteiger partial charge in [0.15, 0.2) is 5.96 Å². The van der Waals surface area contributed by atoms with Gasteiger partial charge in [-0.05, 0) is 61.1 Å². The van der Waals surface area contributed by atoms with Crippen molar-refractivity contribution in [3.63, 3.8) is 0 Å². The topological polar surface area (TPSA) is 80.8 Å². The lowest BCUT2D eigenvalue weighted by Gasteiger charge is -2.38. The number of amides is 1. The summed E-state index contributed by atoms with van der Waals surface area (Å²) in [6, 6.07) is 3.86. The van der Waals surface area contributed by atoms with E-state index in [4.69, 9.17) is 15.5 Å². The van der Waals surface area contributed by atoms with Crippen molar-refractivity contribution in [3.05, 3.63) is 83.3 Å². The second-order valence-electron chi connectivity index (χ2n) is 8.37. The number of aliphatic imine (C=N–C) groups is 1. The van der Waals surface area contributed by atoms with Gasteiger partial charge < -0.3 is 10.5 Å². The number of carbonyl (C=O) groups is 1. The largest absolute Gasteiger partial charge is 0.376 e. The number of hydrogen-bond donors (Lipinski definition) is 1. The molecule has 3 heterocycles. The van der Waals surface area contributed by atoms with Crippen LogP contribution in [0.1, 0.15) is 37.9 Å². The number of carbonyl (C=O) groups excluding carboxylic acids is 1. The fourth-order valence-electron chi connectivity index (χ4n) is 4.03. The maximum atomic E-state index is 12.8. The quantitative estimate of drug-likeness (QED) is 0.686. The first-order chi connectivity index (χ1) is 15.2. The summed E-state index contributed by atoms with van der Waals surface area (Å²) in [5, 5.41) is 0. The highest BCUT2D eigenvalue weighted by molar-refractivity contribution is 6.00. The molecule has 1 amide bonds. The molecule has 2 N–H and O–H groups in total. The Kier molecular flexibility index (Phi) is 6.94. The normalized spacial score (nSPS) is 22.4. The minimum Gasteiger partial charge on any atom is -0.376 e. The van der Waals surface area contributed by atoms with E-state index < -0.39 is 5.54 Å². The van der Waals surface area contributed by atoms with Crippen molar-refractivity contribution >= 4 is 17.4 Å². The van der Waals surface area contributed by atoms with E-state index in [2.05, 4.69) is 24.2 Å². The molecule has 0 aliphatic carbocycles. The molecule has 0 aromatic carbocycles. The Labute approximate surface area is 190 Å². The van der Waals surface area contributed by atoms with E-state index in [0.717, 1.165) is 46.6 Å². The highest BCUT2D eigenvalue weighted by Crippen LogP contribution is 2.39. The number of allylic oxidation sites excluding steroid dienone is 2. The van der Waals surface area contributed by atoms with E-state index in [0.29, 0.717) is 12.2 Å². The van der Waals surface area contributed by atoms with Crippen LogP contribution < -0.4 is 5.73 Å². The standard InChI is InChI=1S/C26H32N4O2/c1-17(22-9-8-12-32-16-22)13-19(3)26(15-24(31)30(6)25(27)29-26)20(4)14-18(2)23-10-7-11-28-21(23)5/h7,9-11,13-14H,2-3,8,12,15-16H2,1,4-6H3,(H2,27,29)/b17-13+,20-14+/t26-/m1/s1. The monoisotopic (exact) mass is 432 g/mol. The molecule has 168 valence electrons. The zero-order chi connectivity index (χ0) is 23.5. The van der Waals surface area contributed by atoms with Crippen LogP contribution in [0, 0.1) is 6.92 Å². The van der Waals surface area contributed by atoms with Crippen LogP contribution in [-0.2, 0) is 9.53 Å². The van der Waals surface area contributed by atoms with E-state index in [1.807, 2.05) is 45.1 Å². The maximum Gasteiger partial charge on any atom is 0.232 e. The summed E-state index contributed by atoms with van der Waals surface area (Å²) in [6.45, 7) is 15.8. The molecule has 3 rings (SSSR count). The van der Waals surface area contributed by atoms with Gasteiger partial charge >= 0.3 is 0 Å². The molecular weight excluding hydrogens is 400 g/mol. The molecule has 0 saturated heterocycles. The Morgan fingerprint density at radius 3 is 2.69 bits per heavy atom. The molecule has 2 aliphatic heterocycles. The molecule has 2 aliphatic rings. The third kappa shape index (κ3) is 4.65. The number of hydrogen-bond acceptors (Lipinski definition) is 5. The lowest BCUT2D eigenvalue weighted by molar-refractivity contribution is -0.127. The van der Waals surface area contributed by atoms with Gasteiger partial charge in [0.05, 0.1) is 19.6 Å². The summed E-state index contributed by atoms with van der Waals surface area (Å²) in [7, 11) is 1.64. The lowest BCUT2D eigenvalue weighted by atomic mass is 9.78. The maximum absolute atomic E-state index is 12.8. The van der Waals surface area contributed by atoms with Crippen LogP contribution in [0.25, 0.3) is 5.57 Å². The van der Waals surface area contributed by atoms with Gasteiger partial charge in [-0.2, -0.15) is 0 Å². The minimum absolute atomic E-state index is 0.110. The number of ether oxygens (including phenoxy) is 1. The van der Waals surface area contributed by atoms with Gasteiger partial charge in [-0.25, -0.2) is 4.99 Å². The van der Waals surface area contributed by atoms with Gasteiger partial charge in [-0.15, -0.1) is 0 Å². The number of guanidine groups is 1. The van der Waals surface area contributed by atoms with Crippen LogP contribution in [0.2, 0.25) is 0 Å². The summed E-state index contributed by atoms with van der Waals surface area (Å²) in [6.07, 6.45) is 8.91. The average Bonchev–Trinajstić information content (AvgIpc) is 2.77. The third-order valence-corrected chi connectivity index (χ3v) is 6.17. The Morgan fingerprint density at radius 2 is 2.06 bits per heavy atom. The highest BCUT2D eigenvalue weighted by atomic mass is 16.5. The van der Waals surface area contributed by atoms with Crippen molar-refractivity contribution < 1.29 is 9.53 Å². The molecule has 32 heavy (non-hydrogen) atoms. The van der Waals surface area contributed by atoms with Crippen LogP contribution in [0.5, 0.6) is 0 Å². The van der Waals surface area contributed by atoms with E-state index in [-0.39, 0.29) is 18.3 Å². The van der Waals surface area contributed by atoms with Gasteiger partial charge in [0.25, 0.3) is 0 Å². The van der Waals surface area contributed by atoms with Crippen LogP contribution >= 0.6 is 0 Å². The number of nitrogens with two attached hydrogens (primary N) is 1. The molecule has 1 aromatic rings. The van der Waals surface area contributed by atoms with Crippen molar-refractivity contribution in [2.75, 3.05) is 20.3 Å². The molecule has 0 spiro atoms. The van der Waals surface area contributed by atoms with Crippen molar-refractivity contribution in [1.29, 1.82) is 0 Å². The van der Waals surface area contributed by atoms with Crippen LogP contribution in [0.4, 0.5) is 0 Å². The summed E-state index contributed by atoms with van der Waals surface area (Å²) in [5.41, 5.74) is 11.5. The molecular formula is C26H32N4O2. The van der Waals surface area contributed by atoms with E-state index in [1.165, 1.54) is 4.90 Å². The van der Waals surface area contributed by atoms with Crippen molar-refractivity contribution in [2.24, 2.45) is 10.7 Å². The SMILES string of the molecule is C=C(/C=C(\C)[C@]1(C(=C)/C=C(\C)C2=CCCOC2)CC(=O)N(C)C(N)=N1)c1cccnc1C. The second kappa shape index (κ2) is 9.49. The Morgan fingerprint density at radius 1 is 1.31 bits per heavy atom. The Bertz CT molecular complexity index is 1080. The molecule has 0 radical (unpaired) electrons. The Balaban J connectivity index is 2.07. The van der Waals surface area contributed by atoms with Gasteiger partial charge in [0, 0.05) is 24.5 Å². The van der Waals surface area contributed by atoms with Crippen LogP contribution in [-0.4, -0.2) is 47.6 Å². The summed E-state index contributed by atoms with van der Waals surface area (Å²) in [4.78, 5) is 23.4. The number of aromatic nitrogens is 1. The number of aryl methyl sites for hydroxylation is 1. The van der Waals surface area contributed by atoms with Crippen molar-refractivity contribution in [1.82, 2.24) is 9.88 Å². The smallest absolute Gasteiger partial charge is 0.232 e. The molecule has 6 heteroatoms. The predicted molar refractivity (Wildman–Crippen MR) is 130 cm³/mol. The molecule has 0 saturated carbocycles. The molecule has 0 unspecified atom stereocenters. The molecule has 0 bridgehead atoms.